The van der Waals surface area contributed by atoms with Crippen molar-refractivity contribution in [3.05, 3.63) is 0 Å². The first-order valence-electron chi connectivity index (χ1n) is 5.35. The third-order valence-corrected chi connectivity index (χ3v) is 2.55. The fraction of sp³-hybridized carbons (Fsp3) is 0.818. The van der Waals surface area contributed by atoms with Gasteiger partial charge in [-0.25, -0.2) is 0 Å². The number of amides is 2. The number of carbonyl (C=O) groups is 2. The highest BCUT2D eigenvalue weighted by Crippen LogP contribution is 2.20. The van der Waals surface area contributed by atoms with E-state index in [0.717, 1.165) is 0 Å². The second-order valence-corrected chi connectivity index (χ2v) is 5.34. The molecule has 1 atom stereocenters. The summed E-state index contributed by atoms with van der Waals surface area (Å²) in [6, 6.07) is -0.234. The van der Waals surface area contributed by atoms with Gasteiger partial charge in [0, 0.05) is 5.54 Å². The van der Waals surface area contributed by atoms with Crippen LogP contribution in [-0.2, 0) is 9.59 Å². The van der Waals surface area contributed by atoms with Gasteiger partial charge in [-0.3, -0.25) is 19.8 Å². The van der Waals surface area contributed by atoms with Crippen molar-refractivity contribution < 1.29 is 9.59 Å². The van der Waals surface area contributed by atoms with Gasteiger partial charge in [0.15, 0.2) is 0 Å². The molecule has 0 radical (unpaired) electrons. The Kier molecular flexibility index (Phi) is 3.19. The summed E-state index contributed by atoms with van der Waals surface area (Å²) in [5.74, 6) is -0.0337. The molecule has 0 aromatic heterocycles. The summed E-state index contributed by atoms with van der Waals surface area (Å²) >= 11 is 0. The number of rotatable bonds is 1. The molecule has 1 aliphatic heterocycles. The summed E-state index contributed by atoms with van der Waals surface area (Å²) in [6.45, 7) is 9.85. The smallest absolute Gasteiger partial charge is 0.247 e. The fourth-order valence-corrected chi connectivity index (χ4v) is 1.85. The van der Waals surface area contributed by atoms with E-state index >= 15 is 0 Å². The van der Waals surface area contributed by atoms with Crippen molar-refractivity contribution in [1.29, 1.82) is 0 Å². The number of nitrogens with one attached hydrogen (secondary N) is 1. The average molecular weight is 212 g/mol. The number of carbonyl (C=O) groups excluding carboxylic acids is 2. The quantitative estimate of drug-likeness (QED) is 0.653. The van der Waals surface area contributed by atoms with Crippen LogP contribution in [0.3, 0.4) is 0 Å². The van der Waals surface area contributed by atoms with Crippen LogP contribution in [0.25, 0.3) is 0 Å². The van der Waals surface area contributed by atoms with Gasteiger partial charge in [0.2, 0.25) is 11.8 Å². The molecule has 0 aromatic carbocycles. The van der Waals surface area contributed by atoms with Crippen LogP contribution in [0.1, 0.15) is 34.6 Å². The number of nitrogens with zero attached hydrogens (tertiary/aromatic N) is 1. The zero-order valence-electron chi connectivity index (χ0n) is 10.1. The van der Waals surface area contributed by atoms with Crippen LogP contribution in [-0.4, -0.2) is 34.8 Å². The Bertz CT molecular complexity index is 279. The molecule has 0 aromatic rings. The molecule has 1 N–H and O–H groups in total. The minimum absolute atomic E-state index is 0.103. The third kappa shape index (κ3) is 2.37. The van der Waals surface area contributed by atoms with Crippen molar-refractivity contribution >= 4 is 11.8 Å². The van der Waals surface area contributed by atoms with E-state index in [4.69, 9.17) is 0 Å². The molecule has 0 aliphatic carbocycles. The van der Waals surface area contributed by atoms with E-state index in [1.165, 1.54) is 4.90 Å². The molecule has 1 unspecified atom stereocenters. The predicted molar refractivity (Wildman–Crippen MR) is 58.2 cm³/mol. The molecule has 0 saturated carbocycles. The van der Waals surface area contributed by atoms with Gasteiger partial charge in [0.05, 0.1) is 12.6 Å². The number of hydrogen-bond acceptors (Lipinski definition) is 3. The summed E-state index contributed by atoms with van der Waals surface area (Å²) < 4.78 is 0. The summed E-state index contributed by atoms with van der Waals surface area (Å²) in [4.78, 5) is 25.1. The lowest BCUT2D eigenvalue weighted by atomic mass is 9.96. The van der Waals surface area contributed by atoms with Gasteiger partial charge >= 0.3 is 0 Å². The van der Waals surface area contributed by atoms with Crippen LogP contribution in [0, 0.1) is 5.92 Å². The lowest BCUT2D eigenvalue weighted by Gasteiger charge is -2.41. The van der Waals surface area contributed by atoms with Crippen LogP contribution < -0.4 is 5.32 Å². The Balaban J connectivity index is 2.94. The topological polar surface area (TPSA) is 49.4 Å². The molecule has 15 heavy (non-hydrogen) atoms. The van der Waals surface area contributed by atoms with E-state index < -0.39 is 5.54 Å². The maximum Gasteiger partial charge on any atom is 0.247 e. The summed E-state index contributed by atoms with van der Waals surface area (Å²) in [5.41, 5.74) is -0.427. The Morgan fingerprint density at radius 3 is 2.27 bits per heavy atom. The van der Waals surface area contributed by atoms with Gasteiger partial charge in [-0.1, -0.05) is 13.8 Å². The molecule has 1 fully saturated rings. The zero-order chi connectivity index (χ0) is 11.8. The summed E-state index contributed by atoms with van der Waals surface area (Å²) in [7, 11) is 0. The van der Waals surface area contributed by atoms with Gasteiger partial charge in [-0.2, -0.15) is 0 Å². The van der Waals surface area contributed by atoms with Gasteiger partial charge in [-0.05, 0) is 26.7 Å². The van der Waals surface area contributed by atoms with Gasteiger partial charge in [0.1, 0.15) is 0 Å². The van der Waals surface area contributed by atoms with Crippen LogP contribution in [0.15, 0.2) is 0 Å². The van der Waals surface area contributed by atoms with E-state index in [2.05, 4.69) is 5.32 Å². The highest BCUT2D eigenvalue weighted by molar-refractivity contribution is 6.02. The van der Waals surface area contributed by atoms with Crippen molar-refractivity contribution in [2.45, 2.75) is 46.2 Å². The highest BCUT2D eigenvalue weighted by Gasteiger charge is 2.40. The second kappa shape index (κ2) is 3.93. The second-order valence-electron chi connectivity index (χ2n) is 5.34. The van der Waals surface area contributed by atoms with E-state index in [0.29, 0.717) is 0 Å². The minimum Gasteiger partial charge on any atom is -0.297 e. The molecule has 1 aliphatic rings. The first-order valence-corrected chi connectivity index (χ1v) is 5.35. The monoisotopic (exact) mass is 212 g/mol. The van der Waals surface area contributed by atoms with Crippen molar-refractivity contribution in [1.82, 2.24) is 10.2 Å². The van der Waals surface area contributed by atoms with E-state index in [9.17, 15) is 9.59 Å². The lowest BCUT2D eigenvalue weighted by Crippen LogP contribution is -2.64. The van der Waals surface area contributed by atoms with Gasteiger partial charge < -0.3 is 0 Å². The summed E-state index contributed by atoms with van der Waals surface area (Å²) in [5, 5.41) is 2.98. The SMILES string of the molecule is CC(C)C1NCC(=O)N(C(C)(C)C)C1=O. The Hall–Kier alpha value is -0.900. The number of imide groups is 1. The molecule has 4 nitrogen and oxygen atoms in total. The van der Waals surface area contributed by atoms with Gasteiger partial charge in [0.25, 0.3) is 0 Å². The third-order valence-electron chi connectivity index (χ3n) is 2.55. The van der Waals surface area contributed by atoms with Crippen LogP contribution in [0.4, 0.5) is 0 Å². The largest absolute Gasteiger partial charge is 0.297 e. The van der Waals surface area contributed by atoms with Crippen LogP contribution in [0.2, 0.25) is 0 Å². The Morgan fingerprint density at radius 1 is 1.33 bits per heavy atom. The molecule has 86 valence electrons. The normalized spacial score (nSPS) is 23.9. The van der Waals surface area contributed by atoms with E-state index in [-0.39, 0.29) is 30.3 Å². The predicted octanol–water partition coefficient (Wildman–Crippen LogP) is 0.768. The van der Waals surface area contributed by atoms with Crippen molar-refractivity contribution in [3.63, 3.8) is 0 Å². The molecule has 1 saturated heterocycles. The van der Waals surface area contributed by atoms with Crippen LogP contribution >= 0.6 is 0 Å². The fourth-order valence-electron chi connectivity index (χ4n) is 1.85. The van der Waals surface area contributed by atoms with Crippen molar-refractivity contribution in [2.24, 2.45) is 5.92 Å². The molecule has 4 heteroatoms. The molecule has 1 heterocycles. The lowest BCUT2D eigenvalue weighted by molar-refractivity contribution is -0.156. The standard InChI is InChI=1S/C11H20N2O2/c1-7(2)9-10(15)13(11(3,4)5)8(14)6-12-9/h7,9,12H,6H2,1-5H3. The number of piperazine rings is 1. The van der Waals surface area contributed by atoms with Crippen molar-refractivity contribution in [3.8, 4) is 0 Å². The van der Waals surface area contributed by atoms with Crippen molar-refractivity contribution in [2.75, 3.05) is 6.54 Å². The molecule has 1 rings (SSSR count). The molecule has 2 amide bonds. The van der Waals surface area contributed by atoms with E-state index in [1.54, 1.807) is 0 Å². The first kappa shape index (κ1) is 12.2. The average Bonchev–Trinajstić information content (AvgIpc) is 2.00. The molecule has 0 spiro atoms. The zero-order valence-corrected chi connectivity index (χ0v) is 10.1. The maximum atomic E-state index is 12.1. The maximum absolute atomic E-state index is 12.1. The molecular formula is C11H20N2O2. The minimum atomic E-state index is -0.427. The molecular weight excluding hydrogens is 192 g/mol. The number of hydrogen-bond donors (Lipinski definition) is 1. The highest BCUT2D eigenvalue weighted by atomic mass is 16.2. The molecule has 0 bridgehead atoms. The first-order chi connectivity index (χ1) is 6.75. The van der Waals surface area contributed by atoms with Crippen LogP contribution in [0.5, 0.6) is 0 Å². The van der Waals surface area contributed by atoms with Gasteiger partial charge in [-0.15, -0.1) is 0 Å². The van der Waals surface area contributed by atoms with E-state index in [1.807, 2.05) is 34.6 Å². The Morgan fingerprint density at radius 2 is 1.87 bits per heavy atom. The summed E-state index contributed by atoms with van der Waals surface area (Å²) in [6.07, 6.45) is 0. The Labute approximate surface area is 91.0 Å².